The number of carbonyl (C=O) groups is 1. The maximum atomic E-state index is 11.9. The third-order valence-electron chi connectivity index (χ3n) is 3.11. The van der Waals surface area contributed by atoms with Gasteiger partial charge in [0.15, 0.2) is 0 Å². The molecule has 0 radical (unpaired) electrons. The summed E-state index contributed by atoms with van der Waals surface area (Å²) in [5.41, 5.74) is 0. The van der Waals surface area contributed by atoms with Gasteiger partial charge < -0.3 is 0 Å². The van der Waals surface area contributed by atoms with Crippen LogP contribution in [0.2, 0.25) is 0 Å². The molecular weight excluding hydrogens is 226 g/mol. The standard InChI is InChI=1S/C11H21NO3S/c1-3-4-8-16(14,15)12-7-5-6-11(9-12)10(2)13/h11H,3-9H2,1-2H3. The zero-order chi connectivity index (χ0) is 12.2. The van der Waals surface area contributed by atoms with E-state index in [0.717, 1.165) is 19.3 Å². The Kier molecular flexibility index (Phi) is 4.92. The van der Waals surface area contributed by atoms with Crippen LogP contribution in [0.4, 0.5) is 0 Å². The molecule has 1 saturated heterocycles. The molecule has 0 spiro atoms. The van der Waals surface area contributed by atoms with Crippen molar-refractivity contribution in [3.8, 4) is 0 Å². The number of ketones is 1. The van der Waals surface area contributed by atoms with Gasteiger partial charge >= 0.3 is 0 Å². The second kappa shape index (κ2) is 5.77. The van der Waals surface area contributed by atoms with Crippen molar-refractivity contribution in [2.24, 2.45) is 5.92 Å². The molecule has 0 aromatic rings. The van der Waals surface area contributed by atoms with Gasteiger partial charge in [0.05, 0.1) is 5.75 Å². The van der Waals surface area contributed by atoms with E-state index in [2.05, 4.69) is 0 Å². The maximum Gasteiger partial charge on any atom is 0.214 e. The van der Waals surface area contributed by atoms with E-state index in [-0.39, 0.29) is 17.5 Å². The molecule has 0 aliphatic carbocycles. The lowest BCUT2D eigenvalue weighted by Gasteiger charge is -2.30. The predicted molar refractivity (Wildman–Crippen MR) is 63.7 cm³/mol. The first-order valence-electron chi connectivity index (χ1n) is 5.95. The molecule has 1 rings (SSSR count). The van der Waals surface area contributed by atoms with E-state index >= 15 is 0 Å². The van der Waals surface area contributed by atoms with Crippen molar-refractivity contribution in [2.75, 3.05) is 18.8 Å². The van der Waals surface area contributed by atoms with Crippen molar-refractivity contribution in [3.63, 3.8) is 0 Å². The van der Waals surface area contributed by atoms with Crippen LogP contribution in [0, 0.1) is 5.92 Å². The Hall–Kier alpha value is -0.420. The van der Waals surface area contributed by atoms with Crippen LogP contribution in [0.25, 0.3) is 0 Å². The Labute approximate surface area is 98.1 Å². The van der Waals surface area contributed by atoms with E-state index in [1.807, 2.05) is 6.92 Å². The van der Waals surface area contributed by atoms with E-state index in [1.54, 1.807) is 6.92 Å². The second-order valence-electron chi connectivity index (χ2n) is 4.48. The summed E-state index contributed by atoms with van der Waals surface area (Å²) in [5.74, 6) is 0.231. The Bertz CT molecular complexity index is 337. The number of nitrogens with zero attached hydrogens (tertiary/aromatic N) is 1. The van der Waals surface area contributed by atoms with Crippen LogP contribution in [0.1, 0.15) is 39.5 Å². The summed E-state index contributed by atoms with van der Waals surface area (Å²) in [7, 11) is -3.13. The van der Waals surface area contributed by atoms with Crippen LogP contribution in [-0.2, 0) is 14.8 Å². The van der Waals surface area contributed by atoms with Gasteiger partial charge in [-0.2, -0.15) is 0 Å². The van der Waals surface area contributed by atoms with E-state index < -0.39 is 10.0 Å². The summed E-state index contributed by atoms with van der Waals surface area (Å²) in [6, 6.07) is 0. The SMILES string of the molecule is CCCCS(=O)(=O)N1CCCC(C(C)=O)C1. The fourth-order valence-corrected chi connectivity index (χ4v) is 3.71. The highest BCUT2D eigenvalue weighted by Crippen LogP contribution is 2.20. The van der Waals surface area contributed by atoms with Gasteiger partial charge in [0.2, 0.25) is 10.0 Å². The Morgan fingerprint density at radius 3 is 2.69 bits per heavy atom. The molecule has 0 aromatic heterocycles. The first kappa shape index (κ1) is 13.6. The molecular formula is C11H21NO3S. The minimum atomic E-state index is -3.13. The van der Waals surface area contributed by atoms with Gasteiger partial charge in [-0.1, -0.05) is 13.3 Å². The zero-order valence-electron chi connectivity index (χ0n) is 10.1. The van der Waals surface area contributed by atoms with Gasteiger partial charge in [-0.15, -0.1) is 0 Å². The minimum absolute atomic E-state index is 0.0925. The first-order valence-corrected chi connectivity index (χ1v) is 7.56. The van der Waals surface area contributed by atoms with E-state index in [1.165, 1.54) is 4.31 Å². The largest absolute Gasteiger partial charge is 0.300 e. The van der Waals surface area contributed by atoms with Crippen molar-refractivity contribution in [1.29, 1.82) is 0 Å². The molecule has 0 N–H and O–H groups in total. The summed E-state index contributed by atoms with van der Waals surface area (Å²) >= 11 is 0. The molecule has 4 nitrogen and oxygen atoms in total. The fraction of sp³-hybridized carbons (Fsp3) is 0.909. The molecule has 1 fully saturated rings. The molecule has 0 bridgehead atoms. The normalized spacial score (nSPS) is 23.2. The summed E-state index contributed by atoms with van der Waals surface area (Å²) in [5, 5.41) is 0. The van der Waals surface area contributed by atoms with Gasteiger partial charge in [0, 0.05) is 19.0 Å². The number of hydrogen-bond donors (Lipinski definition) is 0. The van der Waals surface area contributed by atoms with Crippen molar-refractivity contribution in [1.82, 2.24) is 4.31 Å². The highest BCUT2D eigenvalue weighted by atomic mass is 32.2. The number of Topliss-reactive ketones (excluding diaryl/α,β-unsaturated/α-hetero) is 1. The smallest absolute Gasteiger partial charge is 0.214 e. The van der Waals surface area contributed by atoms with Crippen molar-refractivity contribution >= 4 is 15.8 Å². The zero-order valence-corrected chi connectivity index (χ0v) is 10.9. The molecule has 94 valence electrons. The van der Waals surface area contributed by atoms with Crippen LogP contribution in [0.3, 0.4) is 0 Å². The number of piperidine rings is 1. The van der Waals surface area contributed by atoms with Gasteiger partial charge in [-0.25, -0.2) is 12.7 Å². The fourth-order valence-electron chi connectivity index (χ4n) is 1.98. The lowest BCUT2D eigenvalue weighted by atomic mass is 9.96. The Morgan fingerprint density at radius 1 is 1.44 bits per heavy atom. The van der Waals surface area contributed by atoms with Gasteiger partial charge in [-0.3, -0.25) is 4.79 Å². The van der Waals surface area contributed by atoms with Crippen LogP contribution in [-0.4, -0.2) is 37.3 Å². The quantitative estimate of drug-likeness (QED) is 0.738. The molecule has 1 atom stereocenters. The highest BCUT2D eigenvalue weighted by Gasteiger charge is 2.30. The summed E-state index contributed by atoms with van der Waals surface area (Å²) in [6.45, 7) is 4.49. The second-order valence-corrected chi connectivity index (χ2v) is 6.57. The minimum Gasteiger partial charge on any atom is -0.300 e. The van der Waals surface area contributed by atoms with Gasteiger partial charge in [-0.05, 0) is 26.2 Å². The predicted octanol–water partition coefficient (Wildman–Crippen LogP) is 1.42. The number of carbonyl (C=O) groups excluding carboxylic acids is 1. The van der Waals surface area contributed by atoms with E-state index in [9.17, 15) is 13.2 Å². The van der Waals surface area contributed by atoms with Crippen LogP contribution >= 0.6 is 0 Å². The third-order valence-corrected chi connectivity index (χ3v) is 5.03. The first-order chi connectivity index (χ1) is 7.47. The summed E-state index contributed by atoms with van der Waals surface area (Å²) < 4.78 is 25.4. The van der Waals surface area contributed by atoms with E-state index in [0.29, 0.717) is 19.5 Å². The van der Waals surface area contributed by atoms with Crippen LogP contribution in [0.15, 0.2) is 0 Å². The Balaban J connectivity index is 2.62. The van der Waals surface area contributed by atoms with Crippen LogP contribution in [0.5, 0.6) is 0 Å². The van der Waals surface area contributed by atoms with Crippen LogP contribution < -0.4 is 0 Å². The van der Waals surface area contributed by atoms with Crippen molar-refractivity contribution in [2.45, 2.75) is 39.5 Å². The molecule has 0 amide bonds. The molecule has 5 heteroatoms. The third kappa shape index (κ3) is 3.56. The maximum absolute atomic E-state index is 11.9. The monoisotopic (exact) mass is 247 g/mol. The molecule has 16 heavy (non-hydrogen) atoms. The topological polar surface area (TPSA) is 54.5 Å². The molecule has 1 heterocycles. The highest BCUT2D eigenvalue weighted by molar-refractivity contribution is 7.89. The number of hydrogen-bond acceptors (Lipinski definition) is 3. The van der Waals surface area contributed by atoms with E-state index in [4.69, 9.17) is 0 Å². The average Bonchev–Trinajstić information content (AvgIpc) is 2.26. The van der Waals surface area contributed by atoms with Crippen molar-refractivity contribution in [3.05, 3.63) is 0 Å². The van der Waals surface area contributed by atoms with Gasteiger partial charge in [0.25, 0.3) is 0 Å². The molecule has 0 aromatic carbocycles. The lowest BCUT2D eigenvalue weighted by Crippen LogP contribution is -2.42. The number of unbranched alkanes of at least 4 members (excludes halogenated alkanes) is 1. The lowest BCUT2D eigenvalue weighted by molar-refractivity contribution is -0.121. The molecule has 1 aliphatic rings. The average molecular weight is 247 g/mol. The van der Waals surface area contributed by atoms with Gasteiger partial charge in [0.1, 0.15) is 5.78 Å². The molecule has 0 saturated carbocycles. The number of rotatable bonds is 5. The van der Waals surface area contributed by atoms with Crippen molar-refractivity contribution < 1.29 is 13.2 Å². The molecule has 1 unspecified atom stereocenters. The number of sulfonamides is 1. The Morgan fingerprint density at radius 2 is 2.12 bits per heavy atom. The summed E-state index contributed by atoms with van der Waals surface area (Å²) in [6.07, 6.45) is 3.21. The molecule has 1 aliphatic heterocycles. The summed E-state index contributed by atoms with van der Waals surface area (Å²) in [4.78, 5) is 11.3.